The topological polar surface area (TPSA) is 50.1 Å². The average molecular weight is 609 g/mol. The SMILES string of the molecule is CCC(c1ccc(C(F)(F)F)cc1CN(Cc1cc(C(F)(F)F)cc(C(F)(F)F)c1)c1nnn(C)n1)N1CCC(C)C1. The van der Waals surface area contributed by atoms with Crippen LogP contribution in [0.2, 0.25) is 0 Å². The molecule has 0 amide bonds. The van der Waals surface area contributed by atoms with Crippen molar-refractivity contribution in [2.45, 2.75) is 64.3 Å². The summed E-state index contributed by atoms with van der Waals surface area (Å²) in [6, 6.07) is 4.25. The molecule has 3 aromatic rings. The van der Waals surface area contributed by atoms with Gasteiger partial charge >= 0.3 is 18.5 Å². The molecule has 0 N–H and O–H groups in total. The van der Waals surface area contributed by atoms with Crippen LogP contribution in [-0.4, -0.2) is 38.2 Å². The molecule has 0 saturated carbocycles. The molecule has 1 aliphatic rings. The molecule has 2 atom stereocenters. The molecule has 0 aliphatic carbocycles. The van der Waals surface area contributed by atoms with E-state index >= 15 is 0 Å². The number of anilines is 1. The van der Waals surface area contributed by atoms with Crippen LogP contribution in [0.4, 0.5) is 45.5 Å². The number of hydrogen-bond acceptors (Lipinski definition) is 5. The standard InChI is InChI=1S/C27H29F9N6/c1-4-23(41-8-7-16(2)13-41)22-6-5-19(25(28,29)30)11-18(22)15-42(24-37-39-40(3)38-24)14-17-9-20(26(31,32)33)12-21(10-17)27(34,35)36/h5-6,9-12,16,23H,4,7-8,13-15H2,1-3H3. The number of rotatable bonds is 8. The number of nitrogens with zero attached hydrogens (tertiary/aromatic N) is 6. The highest BCUT2D eigenvalue weighted by Gasteiger charge is 2.38. The van der Waals surface area contributed by atoms with Crippen molar-refractivity contribution >= 4 is 5.95 Å². The summed E-state index contributed by atoms with van der Waals surface area (Å²) in [6.07, 6.45) is -13.3. The summed E-state index contributed by atoms with van der Waals surface area (Å²) in [5.41, 5.74) is -3.54. The Bertz CT molecular complexity index is 1350. The normalized spacial score (nSPS) is 17.6. The number of tetrazole rings is 1. The minimum atomic E-state index is -5.07. The molecular weight excluding hydrogens is 579 g/mol. The number of likely N-dealkylation sites (tertiary alicyclic amines) is 1. The maximum Gasteiger partial charge on any atom is 0.416 e. The third kappa shape index (κ3) is 7.34. The maximum atomic E-state index is 13.8. The molecule has 2 heterocycles. The van der Waals surface area contributed by atoms with Gasteiger partial charge in [-0.15, -0.1) is 5.10 Å². The monoisotopic (exact) mass is 608 g/mol. The third-order valence-electron chi connectivity index (χ3n) is 7.27. The highest BCUT2D eigenvalue weighted by molar-refractivity contribution is 5.42. The lowest BCUT2D eigenvalue weighted by molar-refractivity contribution is -0.143. The second-order valence-electron chi connectivity index (χ2n) is 10.6. The maximum absolute atomic E-state index is 13.8. The Labute approximate surface area is 236 Å². The van der Waals surface area contributed by atoms with Crippen LogP contribution < -0.4 is 4.90 Å². The zero-order chi connectivity index (χ0) is 31.0. The van der Waals surface area contributed by atoms with Gasteiger partial charge in [0.25, 0.3) is 5.95 Å². The number of aromatic nitrogens is 4. The van der Waals surface area contributed by atoms with E-state index < -0.39 is 41.8 Å². The number of benzene rings is 2. The molecule has 1 aliphatic heterocycles. The minimum absolute atomic E-state index is 0.0161. The summed E-state index contributed by atoms with van der Waals surface area (Å²) in [6.45, 7) is 4.55. The fourth-order valence-electron chi connectivity index (χ4n) is 5.31. The Hall–Kier alpha value is -3.36. The minimum Gasteiger partial charge on any atom is -0.330 e. The van der Waals surface area contributed by atoms with Gasteiger partial charge in [-0.3, -0.25) is 4.90 Å². The summed E-state index contributed by atoms with van der Waals surface area (Å²) in [4.78, 5) is 4.42. The van der Waals surface area contributed by atoms with Gasteiger partial charge in [-0.1, -0.05) is 25.0 Å². The van der Waals surface area contributed by atoms with Gasteiger partial charge in [0.15, 0.2) is 0 Å². The molecule has 1 aromatic heterocycles. The molecule has 42 heavy (non-hydrogen) atoms. The van der Waals surface area contributed by atoms with Gasteiger partial charge < -0.3 is 4.90 Å². The van der Waals surface area contributed by atoms with Gasteiger partial charge in [-0.25, -0.2) is 0 Å². The predicted octanol–water partition coefficient (Wildman–Crippen LogP) is 7.27. The van der Waals surface area contributed by atoms with Crippen molar-refractivity contribution in [1.82, 2.24) is 25.1 Å². The van der Waals surface area contributed by atoms with Gasteiger partial charge in [-0.2, -0.15) is 44.3 Å². The molecular formula is C27H29F9N6. The molecule has 6 nitrogen and oxygen atoms in total. The molecule has 0 bridgehead atoms. The van der Waals surface area contributed by atoms with Crippen molar-refractivity contribution in [2.24, 2.45) is 13.0 Å². The van der Waals surface area contributed by atoms with Gasteiger partial charge in [-0.05, 0) is 77.5 Å². The fraction of sp³-hybridized carbons (Fsp3) is 0.519. The third-order valence-corrected chi connectivity index (χ3v) is 7.27. The average Bonchev–Trinajstić information content (AvgIpc) is 3.51. The van der Waals surface area contributed by atoms with Crippen LogP contribution in [0, 0.1) is 5.92 Å². The molecule has 1 fully saturated rings. The zero-order valence-electron chi connectivity index (χ0n) is 22.9. The van der Waals surface area contributed by atoms with Crippen molar-refractivity contribution in [2.75, 3.05) is 18.0 Å². The molecule has 2 aromatic carbocycles. The van der Waals surface area contributed by atoms with Gasteiger partial charge in [0.1, 0.15) is 0 Å². The van der Waals surface area contributed by atoms with E-state index in [2.05, 4.69) is 27.2 Å². The Morgan fingerprint density at radius 2 is 1.50 bits per heavy atom. The number of aryl methyl sites for hydroxylation is 1. The first-order valence-electron chi connectivity index (χ1n) is 13.2. The second-order valence-corrected chi connectivity index (χ2v) is 10.6. The van der Waals surface area contributed by atoms with Crippen molar-refractivity contribution in [3.63, 3.8) is 0 Å². The van der Waals surface area contributed by atoms with Crippen LogP contribution in [0.15, 0.2) is 36.4 Å². The van der Waals surface area contributed by atoms with Crippen molar-refractivity contribution in [3.8, 4) is 0 Å². The first-order chi connectivity index (χ1) is 19.5. The molecule has 15 heteroatoms. The van der Waals surface area contributed by atoms with Crippen molar-refractivity contribution in [3.05, 3.63) is 69.8 Å². The van der Waals surface area contributed by atoms with Crippen molar-refractivity contribution in [1.29, 1.82) is 0 Å². The molecule has 4 rings (SSSR count). The van der Waals surface area contributed by atoms with Crippen LogP contribution in [0.1, 0.15) is 66.1 Å². The summed E-state index contributed by atoms with van der Waals surface area (Å²) in [5.74, 6) is 0.218. The largest absolute Gasteiger partial charge is 0.416 e. The molecule has 2 unspecified atom stereocenters. The highest BCUT2D eigenvalue weighted by atomic mass is 19.4. The Morgan fingerprint density at radius 1 is 0.881 bits per heavy atom. The highest BCUT2D eigenvalue weighted by Crippen LogP contribution is 2.39. The molecule has 0 spiro atoms. The number of halogens is 9. The predicted molar refractivity (Wildman–Crippen MR) is 135 cm³/mol. The van der Waals surface area contributed by atoms with Crippen LogP contribution >= 0.6 is 0 Å². The van der Waals surface area contributed by atoms with E-state index in [0.29, 0.717) is 30.0 Å². The lowest BCUT2D eigenvalue weighted by Crippen LogP contribution is -2.29. The summed E-state index contributed by atoms with van der Waals surface area (Å²) in [7, 11) is 1.40. The second kappa shape index (κ2) is 11.7. The van der Waals surface area contributed by atoms with E-state index in [9.17, 15) is 39.5 Å². The van der Waals surface area contributed by atoms with Gasteiger partial charge in [0.05, 0.1) is 23.7 Å². The first-order valence-corrected chi connectivity index (χ1v) is 13.2. The van der Waals surface area contributed by atoms with E-state index in [4.69, 9.17) is 0 Å². The van der Waals surface area contributed by atoms with E-state index in [1.54, 1.807) is 0 Å². The van der Waals surface area contributed by atoms with Crippen LogP contribution in [0.5, 0.6) is 0 Å². The molecule has 1 saturated heterocycles. The van der Waals surface area contributed by atoms with E-state index in [1.165, 1.54) is 18.0 Å². The van der Waals surface area contributed by atoms with E-state index in [0.717, 1.165) is 36.4 Å². The van der Waals surface area contributed by atoms with Crippen LogP contribution in [-0.2, 0) is 38.7 Å². The van der Waals surface area contributed by atoms with Gasteiger partial charge in [0.2, 0.25) is 0 Å². The zero-order valence-corrected chi connectivity index (χ0v) is 22.9. The van der Waals surface area contributed by atoms with E-state index in [1.807, 2.05) is 6.92 Å². The smallest absolute Gasteiger partial charge is 0.330 e. The summed E-state index contributed by atoms with van der Waals surface area (Å²) >= 11 is 0. The van der Waals surface area contributed by atoms with Crippen LogP contribution in [0.3, 0.4) is 0 Å². The lowest BCUT2D eigenvalue weighted by Gasteiger charge is -2.31. The summed E-state index contributed by atoms with van der Waals surface area (Å²) in [5, 5.41) is 11.6. The quantitative estimate of drug-likeness (QED) is 0.252. The molecule has 0 radical (unpaired) electrons. The van der Waals surface area contributed by atoms with Crippen molar-refractivity contribution < 1.29 is 39.5 Å². The number of alkyl halides is 9. The molecule has 230 valence electrons. The lowest BCUT2D eigenvalue weighted by atomic mass is 9.94. The van der Waals surface area contributed by atoms with Gasteiger partial charge in [0, 0.05) is 25.7 Å². The Morgan fingerprint density at radius 3 is 1.98 bits per heavy atom. The van der Waals surface area contributed by atoms with Crippen LogP contribution in [0.25, 0.3) is 0 Å². The summed E-state index contributed by atoms with van der Waals surface area (Å²) < 4.78 is 123. The van der Waals surface area contributed by atoms with E-state index in [-0.39, 0.29) is 35.7 Å². The number of hydrogen-bond donors (Lipinski definition) is 0. The fourth-order valence-corrected chi connectivity index (χ4v) is 5.31. The Balaban J connectivity index is 1.81. The Kier molecular flexibility index (Phi) is 8.82. The first kappa shape index (κ1) is 31.6.